The van der Waals surface area contributed by atoms with Crippen molar-refractivity contribution in [2.24, 2.45) is 5.92 Å². The topological polar surface area (TPSA) is 70.0 Å². The molecule has 2 N–H and O–H groups in total. The van der Waals surface area contributed by atoms with Crippen LogP contribution >= 0.6 is 0 Å². The minimum Gasteiger partial charge on any atom is -0.481 e. The first-order valence-corrected chi connectivity index (χ1v) is 6.17. The van der Waals surface area contributed by atoms with Crippen LogP contribution in [0.2, 0.25) is 0 Å². The van der Waals surface area contributed by atoms with Crippen LogP contribution in [0.1, 0.15) is 26.2 Å². The first-order chi connectivity index (χ1) is 8.04. The number of rotatable bonds is 9. The summed E-state index contributed by atoms with van der Waals surface area (Å²) in [5.74, 6) is -0.257. The summed E-state index contributed by atoms with van der Waals surface area (Å²) in [7, 11) is 1.65. The largest absolute Gasteiger partial charge is 0.481 e. The van der Waals surface area contributed by atoms with E-state index in [9.17, 15) is 9.90 Å². The summed E-state index contributed by atoms with van der Waals surface area (Å²) in [4.78, 5) is 12.7. The predicted molar refractivity (Wildman–Crippen MR) is 63.9 cm³/mol. The summed E-state index contributed by atoms with van der Waals surface area (Å²) in [6.45, 7) is 3.90. The van der Waals surface area contributed by atoms with Crippen LogP contribution in [0.25, 0.3) is 0 Å². The molecule has 0 aromatic heterocycles. The maximum atomic E-state index is 10.5. The molecule has 0 aromatic rings. The zero-order valence-corrected chi connectivity index (χ0v) is 10.6. The van der Waals surface area contributed by atoms with Gasteiger partial charge in [-0.15, -0.1) is 0 Å². The molecule has 100 valence electrons. The van der Waals surface area contributed by atoms with Crippen LogP contribution in [0.4, 0.5) is 0 Å². The number of aliphatic carboxylic acids is 1. The molecule has 1 saturated carbocycles. The van der Waals surface area contributed by atoms with E-state index in [0.29, 0.717) is 25.1 Å². The molecule has 0 aliphatic heterocycles. The summed E-state index contributed by atoms with van der Waals surface area (Å²) >= 11 is 0. The van der Waals surface area contributed by atoms with Gasteiger partial charge >= 0.3 is 5.97 Å². The summed E-state index contributed by atoms with van der Waals surface area (Å²) in [5.41, 5.74) is 0. The highest BCUT2D eigenvalue weighted by atomic mass is 16.5. The molecule has 2 unspecified atom stereocenters. The fourth-order valence-electron chi connectivity index (χ4n) is 2.08. The number of hydrogen-bond donors (Lipinski definition) is 2. The van der Waals surface area contributed by atoms with Crippen LogP contribution in [-0.4, -0.2) is 60.0 Å². The standard InChI is InChI=1S/C12H23NO4/c1-9(10-3-4-10)13(5-6-17-2)8-11(14)7-12(15)16/h9-11,14H,3-8H2,1-2H3,(H,15,16). The molecule has 0 amide bonds. The second kappa shape index (κ2) is 6.93. The Morgan fingerprint density at radius 3 is 2.65 bits per heavy atom. The molecular formula is C12H23NO4. The van der Waals surface area contributed by atoms with Crippen LogP contribution in [-0.2, 0) is 9.53 Å². The Morgan fingerprint density at radius 1 is 1.53 bits per heavy atom. The van der Waals surface area contributed by atoms with Crippen molar-refractivity contribution in [2.45, 2.75) is 38.3 Å². The van der Waals surface area contributed by atoms with Crippen molar-refractivity contribution in [3.63, 3.8) is 0 Å². The maximum absolute atomic E-state index is 10.5. The average molecular weight is 245 g/mol. The van der Waals surface area contributed by atoms with Crippen molar-refractivity contribution in [3.8, 4) is 0 Å². The highest BCUT2D eigenvalue weighted by Crippen LogP contribution is 2.35. The Labute approximate surface area is 102 Å². The van der Waals surface area contributed by atoms with Gasteiger partial charge < -0.3 is 14.9 Å². The minimum absolute atomic E-state index is 0.194. The van der Waals surface area contributed by atoms with E-state index < -0.39 is 12.1 Å². The van der Waals surface area contributed by atoms with Gasteiger partial charge in [-0.2, -0.15) is 0 Å². The second-order valence-electron chi connectivity index (χ2n) is 4.82. The van der Waals surface area contributed by atoms with Gasteiger partial charge in [-0.05, 0) is 25.7 Å². The molecule has 0 radical (unpaired) electrons. The van der Waals surface area contributed by atoms with Gasteiger partial charge in [-0.25, -0.2) is 0 Å². The number of carboxylic acid groups (broad SMARTS) is 1. The highest BCUT2D eigenvalue weighted by Gasteiger charge is 2.32. The number of methoxy groups -OCH3 is 1. The van der Waals surface area contributed by atoms with Gasteiger partial charge in [0.25, 0.3) is 0 Å². The highest BCUT2D eigenvalue weighted by molar-refractivity contribution is 5.67. The molecule has 5 nitrogen and oxygen atoms in total. The van der Waals surface area contributed by atoms with Crippen molar-refractivity contribution in [1.82, 2.24) is 4.90 Å². The molecule has 0 spiro atoms. The average Bonchev–Trinajstić information content (AvgIpc) is 3.05. The number of carboxylic acids is 1. The number of carbonyl (C=O) groups is 1. The Kier molecular flexibility index (Phi) is 5.88. The predicted octanol–water partition coefficient (Wildman–Crippen LogP) is 0.569. The van der Waals surface area contributed by atoms with Crippen LogP contribution < -0.4 is 0 Å². The maximum Gasteiger partial charge on any atom is 0.306 e. The normalized spacial score (nSPS) is 19.3. The van der Waals surface area contributed by atoms with Crippen molar-refractivity contribution < 1.29 is 19.7 Å². The van der Waals surface area contributed by atoms with Crippen molar-refractivity contribution in [2.75, 3.05) is 26.8 Å². The Bertz CT molecular complexity index is 243. The molecule has 1 rings (SSSR count). The molecule has 17 heavy (non-hydrogen) atoms. The summed E-state index contributed by atoms with van der Waals surface area (Å²) in [6, 6.07) is 0.397. The van der Waals surface area contributed by atoms with E-state index in [1.165, 1.54) is 12.8 Å². The van der Waals surface area contributed by atoms with Gasteiger partial charge in [0.2, 0.25) is 0 Å². The quantitative estimate of drug-likeness (QED) is 0.621. The third kappa shape index (κ3) is 5.48. The van der Waals surface area contributed by atoms with Gasteiger partial charge in [-0.3, -0.25) is 9.69 Å². The lowest BCUT2D eigenvalue weighted by Gasteiger charge is -2.30. The van der Waals surface area contributed by atoms with Crippen molar-refractivity contribution in [1.29, 1.82) is 0 Å². The van der Waals surface area contributed by atoms with Crippen LogP contribution in [0.5, 0.6) is 0 Å². The zero-order valence-electron chi connectivity index (χ0n) is 10.6. The van der Waals surface area contributed by atoms with Crippen LogP contribution in [0.15, 0.2) is 0 Å². The lowest BCUT2D eigenvalue weighted by Crippen LogP contribution is -2.42. The molecule has 1 fully saturated rings. The first kappa shape index (κ1) is 14.4. The van der Waals surface area contributed by atoms with E-state index in [-0.39, 0.29) is 6.42 Å². The fourth-order valence-corrected chi connectivity index (χ4v) is 2.08. The van der Waals surface area contributed by atoms with E-state index in [1.807, 2.05) is 0 Å². The molecule has 0 bridgehead atoms. The molecule has 5 heteroatoms. The van der Waals surface area contributed by atoms with E-state index in [1.54, 1.807) is 7.11 Å². The summed E-state index contributed by atoms with van der Waals surface area (Å²) < 4.78 is 5.05. The zero-order chi connectivity index (χ0) is 12.8. The van der Waals surface area contributed by atoms with Gasteiger partial charge in [-0.1, -0.05) is 0 Å². The second-order valence-corrected chi connectivity index (χ2v) is 4.82. The molecule has 1 aliphatic carbocycles. The number of nitrogens with zero attached hydrogens (tertiary/aromatic N) is 1. The monoisotopic (exact) mass is 245 g/mol. The Balaban J connectivity index is 2.40. The molecule has 0 saturated heterocycles. The van der Waals surface area contributed by atoms with Crippen molar-refractivity contribution >= 4 is 5.97 Å². The Morgan fingerprint density at radius 2 is 2.18 bits per heavy atom. The summed E-state index contributed by atoms with van der Waals surface area (Å²) in [6.07, 6.45) is 1.48. The number of aliphatic hydroxyl groups is 1. The van der Waals surface area contributed by atoms with E-state index in [2.05, 4.69) is 11.8 Å². The SMILES string of the molecule is COCCN(CC(O)CC(=O)O)C(C)C1CC1. The minimum atomic E-state index is -0.955. The fraction of sp³-hybridized carbons (Fsp3) is 0.917. The smallest absolute Gasteiger partial charge is 0.306 e. The number of hydrogen-bond acceptors (Lipinski definition) is 4. The number of ether oxygens (including phenoxy) is 1. The van der Waals surface area contributed by atoms with Gasteiger partial charge in [0.1, 0.15) is 0 Å². The molecular weight excluding hydrogens is 222 g/mol. The van der Waals surface area contributed by atoms with E-state index in [4.69, 9.17) is 9.84 Å². The lowest BCUT2D eigenvalue weighted by molar-refractivity contribution is -0.139. The Hall–Kier alpha value is -0.650. The van der Waals surface area contributed by atoms with Gasteiger partial charge in [0.15, 0.2) is 0 Å². The molecule has 0 heterocycles. The number of aliphatic hydroxyl groups excluding tert-OH is 1. The molecule has 0 aromatic carbocycles. The lowest BCUT2D eigenvalue weighted by atomic mass is 10.1. The van der Waals surface area contributed by atoms with Gasteiger partial charge in [0, 0.05) is 26.2 Å². The third-order valence-corrected chi connectivity index (χ3v) is 3.32. The molecule has 2 atom stereocenters. The van der Waals surface area contributed by atoms with E-state index in [0.717, 1.165) is 6.54 Å². The summed E-state index contributed by atoms with van der Waals surface area (Å²) in [5, 5.41) is 18.3. The first-order valence-electron chi connectivity index (χ1n) is 6.17. The van der Waals surface area contributed by atoms with Crippen LogP contribution in [0, 0.1) is 5.92 Å². The third-order valence-electron chi connectivity index (χ3n) is 3.32. The van der Waals surface area contributed by atoms with Crippen molar-refractivity contribution in [3.05, 3.63) is 0 Å². The van der Waals surface area contributed by atoms with E-state index >= 15 is 0 Å². The van der Waals surface area contributed by atoms with Gasteiger partial charge in [0.05, 0.1) is 19.1 Å². The van der Waals surface area contributed by atoms with Crippen LogP contribution in [0.3, 0.4) is 0 Å². The molecule has 1 aliphatic rings.